The molecule has 2 aromatic heterocycles. The van der Waals surface area contributed by atoms with Crippen LogP contribution in [-0.2, 0) is 10.8 Å². The zero-order valence-corrected chi connectivity index (χ0v) is 39.5. The minimum Gasteiger partial charge on any atom is -0.456 e. The van der Waals surface area contributed by atoms with Gasteiger partial charge in [-0.3, -0.25) is 0 Å². The summed E-state index contributed by atoms with van der Waals surface area (Å²) in [5.41, 5.74) is 22.0. The fourth-order valence-electron chi connectivity index (χ4n) is 12.0. The van der Waals surface area contributed by atoms with Gasteiger partial charge in [0.15, 0.2) is 0 Å². The van der Waals surface area contributed by atoms with Gasteiger partial charge in [0.05, 0.1) is 11.1 Å². The van der Waals surface area contributed by atoms with Crippen molar-refractivity contribution in [3.05, 3.63) is 241 Å². The number of anilines is 6. The van der Waals surface area contributed by atoms with E-state index in [0.717, 1.165) is 89.1 Å². The third-order valence-electron chi connectivity index (χ3n) is 15.4. The van der Waals surface area contributed by atoms with Crippen molar-refractivity contribution < 1.29 is 8.83 Å². The van der Waals surface area contributed by atoms with Gasteiger partial charge in [-0.15, -0.1) is 0 Å². The Hall–Kier alpha value is -8.60. The first-order valence-corrected chi connectivity index (χ1v) is 24.3. The number of hydrogen-bond acceptors (Lipinski definition) is 4. The zero-order valence-electron chi connectivity index (χ0n) is 39.5. The lowest BCUT2D eigenvalue weighted by molar-refractivity contribution is 0.660. The molecule has 0 amide bonds. The molecule has 0 spiro atoms. The highest BCUT2D eigenvalue weighted by Gasteiger charge is 2.38. The fraction of sp³-hybridized carbons (Fsp3) is 0.0909. The van der Waals surface area contributed by atoms with Crippen LogP contribution in [0.15, 0.2) is 227 Å². The molecular weight excluding hydrogens is 853 g/mol. The van der Waals surface area contributed by atoms with E-state index in [2.05, 4.69) is 244 Å². The smallest absolute Gasteiger partial charge is 0.137 e. The third kappa shape index (κ3) is 5.96. The predicted molar refractivity (Wildman–Crippen MR) is 291 cm³/mol. The van der Waals surface area contributed by atoms with E-state index in [1.165, 1.54) is 44.5 Å². The number of fused-ring (bicyclic) bond motifs is 12. The van der Waals surface area contributed by atoms with Gasteiger partial charge in [0.25, 0.3) is 0 Å². The number of furan rings is 2. The SMILES string of the molecule is CC1(C)c2ccccc2-c2ccc(N(c3cc(-c4ccccc4)cc(N(c4ccc5c(c4)C(C)(C)c4ccccc4-5)c4cccc5oc6ccccc6c45)c3)c3ccc4c(c3)oc3ccccc34)cc21. The second-order valence-corrected chi connectivity index (χ2v) is 20.1. The van der Waals surface area contributed by atoms with E-state index in [1.54, 1.807) is 0 Å². The second-order valence-electron chi connectivity index (χ2n) is 20.1. The van der Waals surface area contributed by atoms with Crippen LogP contribution < -0.4 is 9.80 Å². The van der Waals surface area contributed by atoms with Crippen LogP contribution in [0.5, 0.6) is 0 Å². The summed E-state index contributed by atoms with van der Waals surface area (Å²) in [5, 5.41) is 4.35. The molecule has 0 radical (unpaired) electrons. The number of hydrogen-bond donors (Lipinski definition) is 0. The highest BCUT2D eigenvalue weighted by atomic mass is 16.3. The number of rotatable bonds is 7. The van der Waals surface area contributed by atoms with Crippen molar-refractivity contribution in [3.63, 3.8) is 0 Å². The summed E-state index contributed by atoms with van der Waals surface area (Å²) < 4.78 is 13.3. The molecular formula is C66H48N2O2. The zero-order chi connectivity index (χ0) is 46.9. The van der Waals surface area contributed by atoms with Gasteiger partial charge in [0.1, 0.15) is 22.3 Å². The van der Waals surface area contributed by atoms with E-state index < -0.39 is 0 Å². The summed E-state index contributed by atoms with van der Waals surface area (Å²) in [7, 11) is 0. The molecule has 0 saturated heterocycles. The van der Waals surface area contributed by atoms with Gasteiger partial charge in [0, 0.05) is 61.5 Å². The molecule has 14 rings (SSSR count). The van der Waals surface area contributed by atoms with Gasteiger partial charge in [-0.25, -0.2) is 0 Å². The first-order chi connectivity index (χ1) is 34.2. The van der Waals surface area contributed by atoms with Crippen molar-refractivity contribution in [2.75, 3.05) is 9.80 Å². The summed E-state index contributed by atoms with van der Waals surface area (Å²) in [6, 6.07) is 79.6. The average molecular weight is 901 g/mol. The molecule has 0 saturated carbocycles. The van der Waals surface area contributed by atoms with Crippen molar-refractivity contribution in [2.45, 2.75) is 38.5 Å². The lowest BCUT2D eigenvalue weighted by atomic mass is 9.82. The van der Waals surface area contributed by atoms with Crippen molar-refractivity contribution in [2.24, 2.45) is 0 Å². The van der Waals surface area contributed by atoms with Crippen LogP contribution in [0.25, 0.3) is 77.3 Å². The van der Waals surface area contributed by atoms with E-state index in [9.17, 15) is 0 Å². The summed E-state index contributed by atoms with van der Waals surface area (Å²) in [6.07, 6.45) is 0. The van der Waals surface area contributed by atoms with Crippen molar-refractivity contribution in [3.8, 4) is 33.4 Å². The molecule has 0 bridgehead atoms. The molecule has 2 aliphatic carbocycles. The quantitative estimate of drug-likeness (QED) is 0.160. The summed E-state index contributed by atoms with van der Waals surface area (Å²) in [5.74, 6) is 0. The highest BCUT2D eigenvalue weighted by Crippen LogP contribution is 2.54. The maximum atomic E-state index is 6.64. The lowest BCUT2D eigenvalue weighted by Crippen LogP contribution is -2.18. The molecule has 0 N–H and O–H groups in total. The van der Waals surface area contributed by atoms with Gasteiger partial charge in [0.2, 0.25) is 0 Å². The van der Waals surface area contributed by atoms with E-state index in [-0.39, 0.29) is 10.8 Å². The summed E-state index contributed by atoms with van der Waals surface area (Å²) in [6.45, 7) is 9.43. The molecule has 12 aromatic rings. The molecule has 0 unspecified atom stereocenters. The Morgan fingerprint density at radius 2 is 0.786 bits per heavy atom. The molecule has 334 valence electrons. The van der Waals surface area contributed by atoms with Gasteiger partial charge in [-0.05, 0) is 134 Å². The first-order valence-electron chi connectivity index (χ1n) is 24.3. The maximum Gasteiger partial charge on any atom is 0.137 e. The van der Waals surface area contributed by atoms with Gasteiger partial charge in [-0.2, -0.15) is 0 Å². The van der Waals surface area contributed by atoms with Crippen LogP contribution in [0.4, 0.5) is 34.1 Å². The number of nitrogens with zero attached hydrogens (tertiary/aromatic N) is 2. The third-order valence-corrected chi connectivity index (χ3v) is 15.4. The maximum absolute atomic E-state index is 6.64. The van der Waals surface area contributed by atoms with Crippen molar-refractivity contribution in [1.29, 1.82) is 0 Å². The fourth-order valence-corrected chi connectivity index (χ4v) is 12.0. The largest absolute Gasteiger partial charge is 0.456 e. The topological polar surface area (TPSA) is 32.8 Å². The standard InChI is InChI=1S/C66H48N2O2/c1-65(2)55-23-12-8-19-48(55)50-32-29-43(38-57(50)65)67(45-31-34-53-52-21-10-14-26-60(52)70-63(53)40-45)46-35-42(41-17-6-5-7-18-41)36-47(37-46)68(59-25-16-28-62-64(59)54-22-11-15-27-61(54)69-62)44-30-33-51-49-20-9-13-24-56(49)66(3,4)58(51)39-44/h5-40H,1-4H3. The molecule has 4 heteroatoms. The number of para-hydroxylation sites is 2. The van der Waals surface area contributed by atoms with Gasteiger partial charge >= 0.3 is 0 Å². The Kier molecular flexibility index (Phi) is 8.64. The number of benzene rings is 10. The molecule has 2 heterocycles. The first kappa shape index (κ1) is 40.5. The van der Waals surface area contributed by atoms with Crippen molar-refractivity contribution in [1.82, 2.24) is 0 Å². The minimum absolute atomic E-state index is 0.197. The minimum atomic E-state index is -0.202. The van der Waals surface area contributed by atoms with E-state index >= 15 is 0 Å². The second kappa shape index (κ2) is 14.9. The molecule has 4 nitrogen and oxygen atoms in total. The van der Waals surface area contributed by atoms with E-state index in [1.807, 2.05) is 12.1 Å². The van der Waals surface area contributed by atoms with Gasteiger partial charge < -0.3 is 18.6 Å². The molecule has 10 aromatic carbocycles. The van der Waals surface area contributed by atoms with Crippen LogP contribution in [-0.4, -0.2) is 0 Å². The normalized spacial score (nSPS) is 13.9. The monoisotopic (exact) mass is 900 g/mol. The Balaban J connectivity index is 1.05. The molecule has 0 fully saturated rings. The Bertz CT molecular complexity index is 4100. The summed E-state index contributed by atoms with van der Waals surface area (Å²) in [4.78, 5) is 4.89. The predicted octanol–water partition coefficient (Wildman–Crippen LogP) is 18.7. The van der Waals surface area contributed by atoms with Crippen LogP contribution in [0.1, 0.15) is 49.9 Å². The van der Waals surface area contributed by atoms with E-state index in [0.29, 0.717) is 0 Å². The van der Waals surface area contributed by atoms with Gasteiger partial charge in [-0.1, -0.05) is 161 Å². The van der Waals surface area contributed by atoms with Crippen LogP contribution in [0, 0.1) is 0 Å². The average Bonchev–Trinajstić information content (AvgIpc) is 4.09. The Labute approximate surface area is 407 Å². The molecule has 0 atom stereocenters. The summed E-state index contributed by atoms with van der Waals surface area (Å²) >= 11 is 0. The van der Waals surface area contributed by atoms with Crippen LogP contribution in [0.3, 0.4) is 0 Å². The molecule has 2 aliphatic rings. The van der Waals surface area contributed by atoms with E-state index in [4.69, 9.17) is 8.83 Å². The Morgan fingerprint density at radius 1 is 0.300 bits per heavy atom. The Morgan fingerprint density at radius 3 is 1.47 bits per heavy atom. The lowest BCUT2D eigenvalue weighted by Gasteiger charge is -2.32. The molecule has 70 heavy (non-hydrogen) atoms. The van der Waals surface area contributed by atoms with Crippen molar-refractivity contribution >= 4 is 78.0 Å². The van der Waals surface area contributed by atoms with Crippen LogP contribution in [0.2, 0.25) is 0 Å². The molecule has 0 aliphatic heterocycles. The van der Waals surface area contributed by atoms with Crippen LogP contribution >= 0.6 is 0 Å². The highest BCUT2D eigenvalue weighted by molar-refractivity contribution is 6.14.